The van der Waals surface area contributed by atoms with Gasteiger partial charge in [0, 0.05) is 17.4 Å². The third-order valence-electron chi connectivity index (χ3n) is 2.33. The Balaban J connectivity index is 2.10. The Hall–Kier alpha value is -1.13. The highest BCUT2D eigenvalue weighted by Crippen LogP contribution is 2.22. The number of aliphatic hydroxyl groups excluding tert-OH is 1. The number of aliphatic hydroxyl groups is 1. The van der Waals surface area contributed by atoms with Crippen molar-refractivity contribution >= 4 is 11.3 Å². The van der Waals surface area contributed by atoms with Crippen LogP contribution in [0, 0.1) is 13.8 Å². The molecule has 1 N–H and O–H groups in total. The van der Waals surface area contributed by atoms with E-state index in [0.717, 1.165) is 22.0 Å². The summed E-state index contributed by atoms with van der Waals surface area (Å²) in [6, 6.07) is 1.80. The van der Waals surface area contributed by atoms with Gasteiger partial charge in [-0.25, -0.2) is 4.98 Å². The van der Waals surface area contributed by atoms with Gasteiger partial charge >= 0.3 is 0 Å². The Labute approximate surface area is 92.4 Å². The van der Waals surface area contributed by atoms with Gasteiger partial charge in [0.05, 0.1) is 23.1 Å². The van der Waals surface area contributed by atoms with E-state index in [2.05, 4.69) is 4.98 Å². The second kappa shape index (κ2) is 4.16. The van der Waals surface area contributed by atoms with E-state index in [0.29, 0.717) is 6.42 Å². The maximum atomic E-state index is 9.96. The first-order valence-electron chi connectivity index (χ1n) is 4.80. The van der Waals surface area contributed by atoms with Crippen molar-refractivity contribution < 1.29 is 9.52 Å². The van der Waals surface area contributed by atoms with E-state index >= 15 is 0 Å². The van der Waals surface area contributed by atoms with Crippen LogP contribution in [0.25, 0.3) is 0 Å². The molecule has 1 atom stereocenters. The number of nitrogens with zero attached hydrogens (tertiary/aromatic N) is 1. The summed E-state index contributed by atoms with van der Waals surface area (Å²) < 4.78 is 5.15. The molecule has 0 saturated carbocycles. The fourth-order valence-electron chi connectivity index (χ4n) is 1.55. The summed E-state index contributed by atoms with van der Waals surface area (Å²) in [7, 11) is 0. The summed E-state index contributed by atoms with van der Waals surface area (Å²) in [6.07, 6.45) is 1.62. The quantitative estimate of drug-likeness (QED) is 0.870. The van der Waals surface area contributed by atoms with Gasteiger partial charge in [-0.05, 0) is 19.9 Å². The normalized spacial score (nSPS) is 13.0. The number of aromatic nitrogens is 1. The highest BCUT2D eigenvalue weighted by atomic mass is 32.1. The molecule has 0 bridgehead atoms. The molecule has 0 radical (unpaired) electrons. The van der Waals surface area contributed by atoms with E-state index in [1.807, 2.05) is 19.2 Å². The summed E-state index contributed by atoms with van der Waals surface area (Å²) in [5.41, 5.74) is 1.78. The van der Waals surface area contributed by atoms with Crippen molar-refractivity contribution in [2.45, 2.75) is 26.4 Å². The standard InChI is InChI=1S/C11H13NO2S/c1-7-10(3-4-14-7)11(13)5-9-6-15-8(2)12-9/h3-4,6,11,13H,5H2,1-2H3. The smallest absolute Gasteiger partial charge is 0.106 e. The summed E-state index contributed by atoms with van der Waals surface area (Å²) in [5, 5.41) is 13.0. The molecule has 1 unspecified atom stereocenters. The number of hydrogen-bond donors (Lipinski definition) is 1. The lowest BCUT2D eigenvalue weighted by molar-refractivity contribution is 0.175. The molecule has 0 amide bonds. The number of furan rings is 1. The van der Waals surface area contributed by atoms with Gasteiger partial charge in [-0.3, -0.25) is 0 Å². The van der Waals surface area contributed by atoms with Gasteiger partial charge in [-0.1, -0.05) is 0 Å². The van der Waals surface area contributed by atoms with Gasteiger partial charge in [-0.2, -0.15) is 0 Å². The molecule has 0 spiro atoms. The first-order chi connectivity index (χ1) is 7.16. The van der Waals surface area contributed by atoms with E-state index in [9.17, 15) is 5.11 Å². The van der Waals surface area contributed by atoms with Crippen molar-refractivity contribution in [2.24, 2.45) is 0 Å². The van der Waals surface area contributed by atoms with Crippen molar-refractivity contribution in [3.05, 3.63) is 39.7 Å². The molecule has 2 aromatic rings. The average molecular weight is 223 g/mol. The van der Waals surface area contributed by atoms with E-state index < -0.39 is 6.10 Å². The topological polar surface area (TPSA) is 46.3 Å². The first kappa shape index (κ1) is 10.4. The van der Waals surface area contributed by atoms with Gasteiger partial charge in [0.25, 0.3) is 0 Å². The molecule has 15 heavy (non-hydrogen) atoms. The Morgan fingerprint density at radius 2 is 2.33 bits per heavy atom. The van der Waals surface area contributed by atoms with Gasteiger partial charge in [0.1, 0.15) is 5.76 Å². The molecule has 80 valence electrons. The molecule has 0 aliphatic rings. The lowest BCUT2D eigenvalue weighted by Gasteiger charge is -2.07. The SMILES string of the molecule is Cc1nc(CC(O)c2ccoc2C)cs1. The minimum atomic E-state index is -0.523. The van der Waals surface area contributed by atoms with Gasteiger partial charge < -0.3 is 9.52 Å². The highest BCUT2D eigenvalue weighted by Gasteiger charge is 2.14. The second-order valence-corrected chi connectivity index (χ2v) is 4.57. The third kappa shape index (κ3) is 2.27. The van der Waals surface area contributed by atoms with Crippen LogP contribution in [-0.4, -0.2) is 10.1 Å². The summed E-state index contributed by atoms with van der Waals surface area (Å²) in [4.78, 5) is 4.32. The highest BCUT2D eigenvalue weighted by molar-refractivity contribution is 7.09. The Bertz CT molecular complexity index is 447. The van der Waals surface area contributed by atoms with E-state index in [4.69, 9.17) is 4.42 Å². The predicted octanol–water partition coefficient (Wildman–Crippen LogP) is 2.63. The Morgan fingerprint density at radius 1 is 1.53 bits per heavy atom. The van der Waals surface area contributed by atoms with Crippen molar-refractivity contribution in [3.8, 4) is 0 Å². The summed E-state index contributed by atoms with van der Waals surface area (Å²) in [5.74, 6) is 0.773. The van der Waals surface area contributed by atoms with E-state index in [1.165, 1.54) is 0 Å². The molecule has 3 nitrogen and oxygen atoms in total. The Kier molecular flexibility index (Phi) is 2.88. The predicted molar refractivity (Wildman–Crippen MR) is 59.0 cm³/mol. The molecule has 0 aliphatic carbocycles. The van der Waals surface area contributed by atoms with Crippen LogP contribution in [0.4, 0.5) is 0 Å². The average Bonchev–Trinajstić information content (AvgIpc) is 2.75. The number of rotatable bonds is 3. The fraction of sp³-hybridized carbons (Fsp3) is 0.364. The van der Waals surface area contributed by atoms with Crippen LogP contribution < -0.4 is 0 Å². The first-order valence-corrected chi connectivity index (χ1v) is 5.68. The number of aryl methyl sites for hydroxylation is 2. The molecular weight excluding hydrogens is 210 g/mol. The Morgan fingerprint density at radius 3 is 2.87 bits per heavy atom. The zero-order valence-electron chi connectivity index (χ0n) is 8.73. The number of hydrogen-bond acceptors (Lipinski definition) is 4. The van der Waals surface area contributed by atoms with Crippen LogP contribution in [-0.2, 0) is 6.42 Å². The fourth-order valence-corrected chi connectivity index (χ4v) is 2.18. The maximum Gasteiger partial charge on any atom is 0.106 e. The van der Waals surface area contributed by atoms with Crippen molar-refractivity contribution in [2.75, 3.05) is 0 Å². The monoisotopic (exact) mass is 223 g/mol. The zero-order valence-corrected chi connectivity index (χ0v) is 9.54. The molecule has 0 saturated heterocycles. The van der Waals surface area contributed by atoms with Crippen molar-refractivity contribution in [3.63, 3.8) is 0 Å². The van der Waals surface area contributed by atoms with E-state index in [-0.39, 0.29) is 0 Å². The summed E-state index contributed by atoms with van der Waals surface area (Å²) >= 11 is 1.60. The minimum absolute atomic E-state index is 0.523. The van der Waals surface area contributed by atoms with Crippen LogP contribution in [0.5, 0.6) is 0 Å². The van der Waals surface area contributed by atoms with Crippen LogP contribution >= 0.6 is 11.3 Å². The third-order valence-corrected chi connectivity index (χ3v) is 3.15. The van der Waals surface area contributed by atoms with Crippen molar-refractivity contribution in [1.29, 1.82) is 0 Å². The van der Waals surface area contributed by atoms with Crippen LogP contribution in [0.15, 0.2) is 22.1 Å². The lowest BCUT2D eigenvalue weighted by atomic mass is 10.1. The molecule has 2 rings (SSSR count). The minimum Gasteiger partial charge on any atom is -0.469 e. The van der Waals surface area contributed by atoms with Crippen LogP contribution in [0.3, 0.4) is 0 Å². The number of thiazole rings is 1. The maximum absolute atomic E-state index is 9.96. The van der Waals surface area contributed by atoms with Gasteiger partial charge in [0.2, 0.25) is 0 Å². The van der Waals surface area contributed by atoms with Gasteiger partial charge in [0.15, 0.2) is 0 Å². The molecule has 4 heteroatoms. The molecule has 2 heterocycles. The molecular formula is C11H13NO2S. The lowest BCUT2D eigenvalue weighted by Crippen LogP contribution is -2.02. The largest absolute Gasteiger partial charge is 0.469 e. The van der Waals surface area contributed by atoms with Crippen LogP contribution in [0.2, 0.25) is 0 Å². The molecule has 0 aliphatic heterocycles. The van der Waals surface area contributed by atoms with Crippen molar-refractivity contribution in [1.82, 2.24) is 4.98 Å². The molecule has 2 aromatic heterocycles. The van der Waals surface area contributed by atoms with Crippen LogP contribution in [0.1, 0.15) is 28.1 Å². The van der Waals surface area contributed by atoms with Gasteiger partial charge in [-0.15, -0.1) is 11.3 Å². The molecule has 0 fully saturated rings. The zero-order chi connectivity index (χ0) is 10.8. The van der Waals surface area contributed by atoms with E-state index in [1.54, 1.807) is 23.7 Å². The summed E-state index contributed by atoms with van der Waals surface area (Å²) in [6.45, 7) is 3.81. The molecule has 0 aromatic carbocycles. The second-order valence-electron chi connectivity index (χ2n) is 3.51.